The lowest BCUT2D eigenvalue weighted by Crippen LogP contribution is -2.19. The molecule has 0 saturated carbocycles. The number of hydrogen-bond donors (Lipinski definition) is 0. The van der Waals surface area contributed by atoms with Crippen LogP contribution in [0.25, 0.3) is 31.3 Å². The second-order valence-corrected chi connectivity index (χ2v) is 23.1. The Morgan fingerprint density at radius 3 is 1.48 bits per heavy atom. The number of halogens is 2. The highest BCUT2D eigenvalue weighted by atomic mass is 35.5. The minimum absolute atomic E-state index is 0.0582. The van der Waals surface area contributed by atoms with Gasteiger partial charge in [-0.15, -0.1) is 34.0 Å². The fraction of sp³-hybridized carbons (Fsp3) is 0.188. The van der Waals surface area contributed by atoms with Crippen molar-refractivity contribution in [1.29, 1.82) is 0 Å². The third kappa shape index (κ3) is 14.0. The van der Waals surface area contributed by atoms with Gasteiger partial charge >= 0.3 is 17.9 Å². The van der Waals surface area contributed by atoms with E-state index in [1.54, 1.807) is 151 Å². The van der Waals surface area contributed by atoms with E-state index in [-0.39, 0.29) is 64.8 Å². The number of carbonyl (C=O) groups is 6. The molecular weight excluding hydrogens is 1140 g/mol. The minimum atomic E-state index is -0.746. The molecule has 0 aliphatic carbocycles. The lowest BCUT2D eigenvalue weighted by atomic mass is 9.97. The van der Waals surface area contributed by atoms with Crippen LogP contribution in [0.1, 0.15) is 88.9 Å². The highest BCUT2D eigenvalue weighted by molar-refractivity contribution is 7.18. The van der Waals surface area contributed by atoms with Crippen molar-refractivity contribution in [2.45, 2.75) is 58.7 Å². The van der Waals surface area contributed by atoms with Gasteiger partial charge in [0, 0.05) is 53.9 Å². The summed E-state index contributed by atoms with van der Waals surface area (Å²) >= 11 is 16.8. The first-order chi connectivity index (χ1) is 39.5. The van der Waals surface area contributed by atoms with Crippen molar-refractivity contribution in [3.63, 3.8) is 0 Å². The molecule has 0 bridgehead atoms. The molecule has 9 aromatic rings. The number of furan rings is 1. The van der Waals surface area contributed by atoms with E-state index in [0.717, 1.165) is 16.9 Å². The van der Waals surface area contributed by atoms with Crippen molar-refractivity contribution in [2.75, 3.05) is 21.3 Å². The molecule has 0 aliphatic heterocycles. The molecule has 4 heterocycles. The largest absolute Gasteiger partial charge is 0.497 e. The van der Waals surface area contributed by atoms with Gasteiger partial charge in [-0.3, -0.25) is 28.8 Å². The van der Waals surface area contributed by atoms with Crippen LogP contribution >= 0.6 is 57.2 Å². The lowest BCUT2D eigenvalue weighted by molar-refractivity contribution is -0.148. The van der Waals surface area contributed by atoms with Crippen molar-refractivity contribution in [3.05, 3.63) is 210 Å². The zero-order valence-corrected chi connectivity index (χ0v) is 49.1. The molecule has 4 aromatic heterocycles. The van der Waals surface area contributed by atoms with E-state index < -0.39 is 29.8 Å². The second-order valence-electron chi connectivity index (χ2n) is 19.0. The minimum Gasteiger partial charge on any atom is -0.497 e. The molecule has 0 N–H and O–H groups in total. The summed E-state index contributed by atoms with van der Waals surface area (Å²) in [6.07, 6.45) is -0.216. The fourth-order valence-electron chi connectivity index (χ4n) is 9.03. The molecule has 5 aromatic carbocycles. The lowest BCUT2D eigenvalue weighted by Gasteiger charge is -2.17. The van der Waals surface area contributed by atoms with Crippen LogP contribution in [0.4, 0.5) is 0 Å². The van der Waals surface area contributed by atoms with Crippen LogP contribution in [0.2, 0.25) is 10.0 Å². The Hall–Kier alpha value is -8.12. The third-order valence-corrected chi connectivity index (χ3v) is 16.9. The molecular formula is C64H52Cl2O13S3. The van der Waals surface area contributed by atoms with E-state index >= 15 is 0 Å². The van der Waals surface area contributed by atoms with E-state index in [1.165, 1.54) is 41.1 Å². The van der Waals surface area contributed by atoms with Crippen LogP contribution in [0.3, 0.4) is 0 Å². The summed E-state index contributed by atoms with van der Waals surface area (Å²) in [7, 11) is 4.65. The number of carbonyl (C=O) groups excluding carboxylic acids is 6. The second kappa shape index (κ2) is 26.2. The predicted molar refractivity (Wildman–Crippen MR) is 318 cm³/mol. The molecule has 0 spiro atoms. The molecule has 1 atom stereocenters. The summed E-state index contributed by atoms with van der Waals surface area (Å²) in [4.78, 5) is 86.1. The topological polar surface area (TPSA) is 171 Å². The van der Waals surface area contributed by atoms with Crippen LogP contribution in [0, 0.1) is 0 Å². The SMILES string of the molecule is COc1ccc(C(=O)c2cc(CC(=O)Oc3cc(Cl)ccc3-c3sc(C(=O)c4ccco4)cc3CC(=O)OC(C)Cc3cc(Cl)ccc3-c3sc(C(=O)c4ccc(OC)cc4)cc3CC(=O)OC(C)C)c(-c3ccc(OC)cc3)s2)cc1. The van der Waals surface area contributed by atoms with Gasteiger partial charge in [0.15, 0.2) is 5.76 Å². The molecule has 0 aliphatic rings. The van der Waals surface area contributed by atoms with Crippen LogP contribution in [-0.4, -0.2) is 68.8 Å². The molecule has 82 heavy (non-hydrogen) atoms. The number of rotatable bonds is 23. The molecule has 9 rings (SSSR count). The maximum absolute atomic E-state index is 14.3. The van der Waals surface area contributed by atoms with Gasteiger partial charge in [-0.25, -0.2) is 0 Å². The number of esters is 3. The number of ether oxygens (including phenoxy) is 6. The number of methoxy groups -OCH3 is 3. The van der Waals surface area contributed by atoms with Crippen LogP contribution in [-0.2, 0) is 49.5 Å². The Morgan fingerprint density at radius 2 is 0.951 bits per heavy atom. The molecule has 418 valence electrons. The van der Waals surface area contributed by atoms with Gasteiger partial charge in [0.05, 0.1) is 67.6 Å². The first-order valence-corrected chi connectivity index (χ1v) is 28.8. The van der Waals surface area contributed by atoms with Crippen molar-refractivity contribution < 1.29 is 61.6 Å². The molecule has 1 unspecified atom stereocenters. The summed E-state index contributed by atoms with van der Waals surface area (Å²) in [6, 6.07) is 38.9. The zero-order valence-electron chi connectivity index (χ0n) is 45.1. The van der Waals surface area contributed by atoms with Crippen molar-refractivity contribution in [1.82, 2.24) is 0 Å². The van der Waals surface area contributed by atoms with Gasteiger partial charge in [-0.05, 0) is 182 Å². The fourth-order valence-corrected chi connectivity index (χ4v) is 12.9. The maximum atomic E-state index is 14.3. The Kier molecular flexibility index (Phi) is 18.7. The first-order valence-electron chi connectivity index (χ1n) is 25.6. The van der Waals surface area contributed by atoms with E-state index in [4.69, 9.17) is 56.0 Å². The van der Waals surface area contributed by atoms with E-state index in [2.05, 4.69) is 0 Å². The maximum Gasteiger partial charge on any atom is 0.315 e. The Morgan fingerprint density at radius 1 is 0.488 bits per heavy atom. The Bertz CT molecular complexity index is 3820. The number of thiophene rings is 3. The average molecular weight is 1200 g/mol. The summed E-state index contributed by atoms with van der Waals surface area (Å²) in [5.74, 6) is -0.738. The molecule has 0 saturated heterocycles. The highest BCUT2D eigenvalue weighted by Gasteiger charge is 2.28. The molecule has 0 radical (unpaired) electrons. The highest BCUT2D eigenvalue weighted by Crippen LogP contribution is 2.43. The monoisotopic (exact) mass is 1190 g/mol. The molecule has 13 nitrogen and oxygen atoms in total. The standard InChI is InChI=1S/C64H52Cl2O13S3/c1-35(2)77-56(67)32-42-29-54(60(71)38-11-19-47(74-5)20-12-38)81-63(42)49-23-15-44(65)27-40(49)26-36(3)78-57(68)33-43-30-55(61(72)51-8-7-25-76-51)82-64(43)50-24-16-45(66)34-52(50)79-58(69)31-41-28-53(59(70)37-9-17-46(73-4)18-10-37)80-62(41)39-13-21-48(75-6)22-14-39/h7-25,27-30,34-36H,26,31-33H2,1-6H3. The number of ketones is 3. The summed E-state index contributed by atoms with van der Waals surface area (Å²) < 4.78 is 39.2. The average Bonchev–Trinajstić information content (AvgIpc) is 4.36. The zero-order chi connectivity index (χ0) is 58.2. The molecule has 18 heteroatoms. The smallest absolute Gasteiger partial charge is 0.315 e. The van der Waals surface area contributed by atoms with Crippen molar-refractivity contribution >= 4 is 92.5 Å². The normalized spacial score (nSPS) is 11.5. The molecule has 0 fully saturated rings. The number of hydrogen-bond acceptors (Lipinski definition) is 16. The third-order valence-electron chi connectivity index (χ3n) is 12.8. The van der Waals surface area contributed by atoms with Gasteiger partial charge in [-0.2, -0.15) is 0 Å². The predicted octanol–water partition coefficient (Wildman–Crippen LogP) is 14.8. The van der Waals surface area contributed by atoms with E-state index in [9.17, 15) is 28.8 Å². The first kappa shape index (κ1) is 58.5. The summed E-state index contributed by atoms with van der Waals surface area (Å²) in [6.45, 7) is 5.26. The van der Waals surface area contributed by atoms with Crippen LogP contribution in [0.5, 0.6) is 23.0 Å². The van der Waals surface area contributed by atoms with Gasteiger partial charge in [0.2, 0.25) is 17.3 Å². The molecule has 0 amide bonds. The van der Waals surface area contributed by atoms with Crippen LogP contribution in [0.15, 0.2) is 150 Å². The van der Waals surface area contributed by atoms with Gasteiger partial charge in [0.1, 0.15) is 29.1 Å². The van der Waals surface area contributed by atoms with Gasteiger partial charge in [0.25, 0.3) is 0 Å². The van der Waals surface area contributed by atoms with Crippen molar-refractivity contribution in [2.24, 2.45) is 0 Å². The van der Waals surface area contributed by atoms with Crippen molar-refractivity contribution in [3.8, 4) is 54.3 Å². The summed E-state index contributed by atoms with van der Waals surface area (Å²) in [5, 5.41) is 0.662. The Balaban J connectivity index is 0.988. The summed E-state index contributed by atoms with van der Waals surface area (Å²) in [5.41, 5.74) is 4.87. The Labute approximate surface area is 494 Å². The van der Waals surface area contributed by atoms with E-state index in [0.29, 0.717) is 91.2 Å². The van der Waals surface area contributed by atoms with E-state index in [1.807, 2.05) is 18.2 Å². The van der Waals surface area contributed by atoms with Crippen LogP contribution < -0.4 is 18.9 Å². The van der Waals surface area contributed by atoms with Gasteiger partial charge in [-0.1, -0.05) is 29.3 Å². The number of benzene rings is 5. The quantitative estimate of drug-likeness (QED) is 0.0337. The van der Waals surface area contributed by atoms with Gasteiger partial charge < -0.3 is 32.8 Å².